The lowest BCUT2D eigenvalue weighted by Crippen LogP contribution is -2.44. The maximum absolute atomic E-state index is 11.9. The molecule has 1 aliphatic rings. The molecule has 0 aromatic heterocycles. The molecule has 0 aliphatic carbocycles. The van der Waals surface area contributed by atoms with Crippen molar-refractivity contribution in [1.29, 1.82) is 0 Å². The van der Waals surface area contributed by atoms with Gasteiger partial charge in [0.25, 0.3) is 0 Å². The van der Waals surface area contributed by atoms with E-state index in [-0.39, 0.29) is 11.8 Å². The van der Waals surface area contributed by atoms with Crippen molar-refractivity contribution in [1.82, 2.24) is 4.90 Å². The van der Waals surface area contributed by atoms with Gasteiger partial charge >= 0.3 is 0 Å². The van der Waals surface area contributed by atoms with Gasteiger partial charge in [-0.05, 0) is 26.7 Å². The number of carbonyl (C=O) groups excluding carboxylic acids is 1. The number of ether oxygens (including phenoxy) is 1. The molecule has 1 fully saturated rings. The predicted octanol–water partition coefficient (Wildman–Crippen LogP) is 0.642. The Labute approximate surface area is 91.2 Å². The molecule has 15 heavy (non-hydrogen) atoms. The van der Waals surface area contributed by atoms with Crippen molar-refractivity contribution in [3.8, 4) is 0 Å². The summed E-state index contributed by atoms with van der Waals surface area (Å²) in [6, 6.07) is 0. The number of rotatable bonds is 3. The van der Waals surface area contributed by atoms with E-state index in [1.54, 1.807) is 25.8 Å². The van der Waals surface area contributed by atoms with Gasteiger partial charge in [0.05, 0.1) is 18.1 Å². The fourth-order valence-electron chi connectivity index (χ4n) is 1.91. The molecular formula is C11H21NO3. The van der Waals surface area contributed by atoms with Crippen molar-refractivity contribution >= 4 is 5.91 Å². The Morgan fingerprint density at radius 2 is 2.27 bits per heavy atom. The van der Waals surface area contributed by atoms with E-state index in [0.717, 1.165) is 19.4 Å². The van der Waals surface area contributed by atoms with Gasteiger partial charge in [0.1, 0.15) is 0 Å². The normalized spacial score (nSPS) is 22.5. The Morgan fingerprint density at radius 1 is 1.60 bits per heavy atom. The minimum absolute atomic E-state index is 0.0221. The smallest absolute Gasteiger partial charge is 0.227 e. The van der Waals surface area contributed by atoms with Crippen LogP contribution in [0, 0.1) is 5.92 Å². The summed E-state index contributed by atoms with van der Waals surface area (Å²) in [5, 5.41) is 9.61. The van der Waals surface area contributed by atoms with Crippen LogP contribution in [0.5, 0.6) is 0 Å². The highest BCUT2D eigenvalue weighted by molar-refractivity contribution is 5.78. The monoisotopic (exact) mass is 215 g/mol. The fraction of sp³-hybridized carbons (Fsp3) is 0.909. The van der Waals surface area contributed by atoms with Crippen LogP contribution in [0.25, 0.3) is 0 Å². The van der Waals surface area contributed by atoms with Crippen LogP contribution in [-0.2, 0) is 9.53 Å². The Bertz CT molecular complexity index is 216. The zero-order valence-electron chi connectivity index (χ0n) is 9.82. The van der Waals surface area contributed by atoms with Crippen LogP contribution in [0.1, 0.15) is 26.7 Å². The third-order valence-corrected chi connectivity index (χ3v) is 2.51. The van der Waals surface area contributed by atoms with Crippen LogP contribution in [0.4, 0.5) is 0 Å². The van der Waals surface area contributed by atoms with E-state index < -0.39 is 5.60 Å². The van der Waals surface area contributed by atoms with E-state index in [1.807, 2.05) is 0 Å². The summed E-state index contributed by atoms with van der Waals surface area (Å²) in [6.45, 7) is 5.05. The van der Waals surface area contributed by atoms with Crippen molar-refractivity contribution in [2.45, 2.75) is 32.3 Å². The molecule has 4 nitrogen and oxygen atoms in total. The lowest BCUT2D eigenvalue weighted by atomic mass is 10.00. The first-order valence-corrected chi connectivity index (χ1v) is 5.45. The first kappa shape index (κ1) is 12.5. The molecule has 0 aromatic rings. The third kappa shape index (κ3) is 4.18. The van der Waals surface area contributed by atoms with Gasteiger partial charge in [-0.2, -0.15) is 0 Å². The number of hydrogen-bond acceptors (Lipinski definition) is 3. The Kier molecular flexibility index (Phi) is 4.11. The van der Waals surface area contributed by atoms with Crippen molar-refractivity contribution in [3.05, 3.63) is 0 Å². The Morgan fingerprint density at radius 3 is 2.73 bits per heavy atom. The molecule has 1 saturated heterocycles. The minimum atomic E-state index is -0.833. The number of hydrogen-bond donors (Lipinski definition) is 1. The average Bonchev–Trinajstić information content (AvgIpc) is 2.15. The van der Waals surface area contributed by atoms with E-state index >= 15 is 0 Å². The summed E-state index contributed by atoms with van der Waals surface area (Å²) in [4.78, 5) is 13.5. The molecule has 1 unspecified atom stereocenters. The second kappa shape index (κ2) is 4.94. The largest absolute Gasteiger partial charge is 0.389 e. The van der Waals surface area contributed by atoms with E-state index in [2.05, 4.69) is 0 Å². The molecule has 1 amide bonds. The number of carbonyl (C=O) groups is 1. The first-order chi connectivity index (χ1) is 6.90. The number of aliphatic hydroxyl groups is 1. The van der Waals surface area contributed by atoms with Crippen molar-refractivity contribution < 1.29 is 14.6 Å². The number of amides is 1. The lowest BCUT2D eigenvalue weighted by molar-refractivity contribution is -0.141. The summed E-state index contributed by atoms with van der Waals surface area (Å²) in [5.74, 6) is 0.0583. The summed E-state index contributed by atoms with van der Waals surface area (Å²) in [6.07, 6.45) is 1.85. The Balaban J connectivity index is 2.44. The van der Waals surface area contributed by atoms with Crippen LogP contribution in [0.15, 0.2) is 0 Å². The van der Waals surface area contributed by atoms with Gasteiger partial charge < -0.3 is 14.7 Å². The van der Waals surface area contributed by atoms with Gasteiger partial charge in [-0.15, -0.1) is 0 Å². The molecule has 4 heteroatoms. The number of nitrogens with zero attached hydrogens (tertiary/aromatic N) is 1. The molecule has 1 atom stereocenters. The molecule has 1 heterocycles. The van der Waals surface area contributed by atoms with Crippen molar-refractivity contribution in [2.24, 2.45) is 5.92 Å². The molecule has 1 rings (SSSR count). The van der Waals surface area contributed by atoms with Gasteiger partial charge in [0.2, 0.25) is 5.91 Å². The van der Waals surface area contributed by atoms with E-state index in [4.69, 9.17) is 4.74 Å². The van der Waals surface area contributed by atoms with Crippen LogP contribution in [-0.4, -0.2) is 48.3 Å². The topological polar surface area (TPSA) is 49.8 Å². The zero-order valence-corrected chi connectivity index (χ0v) is 9.82. The second-order valence-electron chi connectivity index (χ2n) is 4.92. The molecule has 0 saturated carbocycles. The molecule has 0 aromatic carbocycles. The van der Waals surface area contributed by atoms with Crippen LogP contribution in [0.2, 0.25) is 0 Å². The Hall–Kier alpha value is -0.610. The van der Waals surface area contributed by atoms with Crippen molar-refractivity contribution in [2.75, 3.05) is 26.8 Å². The average molecular weight is 215 g/mol. The predicted molar refractivity (Wildman–Crippen MR) is 57.5 cm³/mol. The molecule has 0 spiro atoms. The maximum atomic E-state index is 11.9. The molecule has 0 radical (unpaired) electrons. The summed E-state index contributed by atoms with van der Waals surface area (Å²) in [5.41, 5.74) is -0.833. The third-order valence-electron chi connectivity index (χ3n) is 2.51. The van der Waals surface area contributed by atoms with Crippen LogP contribution in [0.3, 0.4) is 0 Å². The highest BCUT2D eigenvalue weighted by atomic mass is 16.5. The van der Waals surface area contributed by atoms with E-state index in [1.165, 1.54) is 0 Å². The molecule has 1 N–H and O–H groups in total. The van der Waals surface area contributed by atoms with E-state index in [0.29, 0.717) is 13.2 Å². The second-order valence-corrected chi connectivity index (χ2v) is 4.92. The van der Waals surface area contributed by atoms with Gasteiger partial charge in [-0.25, -0.2) is 0 Å². The molecule has 1 aliphatic heterocycles. The summed E-state index contributed by atoms with van der Waals surface area (Å²) in [7, 11) is 1.73. The highest BCUT2D eigenvalue weighted by Gasteiger charge is 2.27. The number of likely N-dealkylation sites (N-methyl/N-ethyl adjacent to an activating group) is 1. The van der Waals surface area contributed by atoms with Gasteiger partial charge in [0, 0.05) is 20.2 Å². The quantitative estimate of drug-likeness (QED) is 0.751. The van der Waals surface area contributed by atoms with Gasteiger partial charge in [-0.1, -0.05) is 0 Å². The van der Waals surface area contributed by atoms with E-state index in [9.17, 15) is 9.90 Å². The van der Waals surface area contributed by atoms with Crippen molar-refractivity contribution in [3.63, 3.8) is 0 Å². The first-order valence-electron chi connectivity index (χ1n) is 5.45. The van der Waals surface area contributed by atoms with Gasteiger partial charge in [0.15, 0.2) is 0 Å². The molecular weight excluding hydrogens is 194 g/mol. The lowest BCUT2D eigenvalue weighted by Gasteiger charge is -2.30. The summed E-state index contributed by atoms with van der Waals surface area (Å²) >= 11 is 0. The van der Waals surface area contributed by atoms with Crippen LogP contribution < -0.4 is 0 Å². The van der Waals surface area contributed by atoms with Crippen LogP contribution >= 0.6 is 0 Å². The van der Waals surface area contributed by atoms with Gasteiger partial charge in [-0.3, -0.25) is 4.79 Å². The highest BCUT2D eigenvalue weighted by Crippen LogP contribution is 2.16. The minimum Gasteiger partial charge on any atom is -0.389 e. The SMILES string of the molecule is CN(CC(C)(C)O)C(=O)C1CCCOC1. The summed E-state index contributed by atoms with van der Waals surface area (Å²) < 4.78 is 5.27. The molecule has 0 bridgehead atoms. The zero-order chi connectivity index (χ0) is 11.5. The molecule has 88 valence electrons. The maximum Gasteiger partial charge on any atom is 0.227 e. The fourth-order valence-corrected chi connectivity index (χ4v) is 1.91. The standard InChI is InChI=1S/C11H21NO3/c1-11(2,14)8-12(3)10(13)9-5-4-6-15-7-9/h9,14H,4-8H2,1-3H3.